The first-order valence-corrected chi connectivity index (χ1v) is 42.0. The predicted octanol–water partition coefficient (Wildman–Crippen LogP) is 21.9. The van der Waals surface area contributed by atoms with Gasteiger partial charge in [-0.15, -0.1) is 0 Å². The number of phosphoric ester groups is 2. The van der Waals surface area contributed by atoms with Crippen LogP contribution in [-0.4, -0.2) is 96.7 Å². The first kappa shape index (κ1) is 92.1. The van der Waals surface area contributed by atoms with E-state index in [9.17, 15) is 43.2 Å². The Morgan fingerprint density at radius 2 is 0.489 bits per heavy atom. The van der Waals surface area contributed by atoms with Gasteiger partial charge >= 0.3 is 39.5 Å². The molecule has 0 aliphatic carbocycles. The van der Waals surface area contributed by atoms with Crippen molar-refractivity contribution in [1.29, 1.82) is 0 Å². The van der Waals surface area contributed by atoms with Gasteiger partial charge < -0.3 is 33.8 Å². The van der Waals surface area contributed by atoms with E-state index in [0.29, 0.717) is 31.6 Å². The standard InChI is InChI=1S/C75H146O17P2/c1-7-9-11-13-15-17-19-21-22-23-24-25-26-27-28-30-36-40-48-54-60-75(80)91-70(63-85-72(77)57-51-45-38-34-32-31-33-37-43-49-55-67(3)4)65-89-93(81,82)87-61-69(76)62-88-94(83,84)90-66-71(64-86-73(78)58-52-46-42-41-44-50-56-68(5)6)92-74(79)59-53-47-39-35-29-20-18-16-14-12-10-8-2/h67-71,76H,7-66H2,1-6H3,(H,81,82)(H,83,84)/t69-,70-,71-/m1/s1. The first-order chi connectivity index (χ1) is 45.4. The SMILES string of the molecule is CCCCCCCCCCCCCCCCCCCCCCC(=O)O[C@H](COC(=O)CCCCCCCCCCCCC(C)C)COP(=O)(O)OC[C@@H](O)COP(=O)(O)OC[C@@H](COC(=O)CCCCCCCCC(C)C)OC(=O)CCCCCCCCCCCCCC. The van der Waals surface area contributed by atoms with Crippen LogP contribution in [-0.2, 0) is 65.4 Å². The Morgan fingerprint density at radius 1 is 0.287 bits per heavy atom. The fraction of sp³-hybridized carbons (Fsp3) is 0.947. The molecule has 0 aliphatic rings. The van der Waals surface area contributed by atoms with Crippen molar-refractivity contribution in [3.63, 3.8) is 0 Å². The maximum atomic E-state index is 13.1. The molecule has 0 fully saturated rings. The van der Waals surface area contributed by atoms with Crippen molar-refractivity contribution in [1.82, 2.24) is 0 Å². The summed E-state index contributed by atoms with van der Waals surface area (Å²) >= 11 is 0. The molecule has 0 spiro atoms. The molecule has 0 aromatic carbocycles. The number of rotatable bonds is 74. The molecule has 19 heteroatoms. The highest BCUT2D eigenvalue weighted by Crippen LogP contribution is 2.45. The largest absolute Gasteiger partial charge is 0.472 e. The van der Waals surface area contributed by atoms with Gasteiger partial charge in [0.1, 0.15) is 19.3 Å². The first-order valence-electron chi connectivity index (χ1n) is 39.0. The minimum Gasteiger partial charge on any atom is -0.462 e. The van der Waals surface area contributed by atoms with Crippen molar-refractivity contribution < 1.29 is 80.2 Å². The summed E-state index contributed by atoms with van der Waals surface area (Å²) in [6.07, 6.45) is 54.3. The van der Waals surface area contributed by atoms with Crippen molar-refractivity contribution in [3.05, 3.63) is 0 Å². The van der Waals surface area contributed by atoms with Crippen LogP contribution in [0.2, 0.25) is 0 Å². The summed E-state index contributed by atoms with van der Waals surface area (Å²) in [6.45, 7) is 9.50. The second-order valence-electron chi connectivity index (χ2n) is 28.0. The van der Waals surface area contributed by atoms with E-state index < -0.39 is 97.5 Å². The second-order valence-corrected chi connectivity index (χ2v) is 30.9. The van der Waals surface area contributed by atoms with Crippen LogP contribution in [0.15, 0.2) is 0 Å². The molecular weight excluding hydrogens is 1230 g/mol. The van der Waals surface area contributed by atoms with E-state index in [1.165, 1.54) is 199 Å². The summed E-state index contributed by atoms with van der Waals surface area (Å²) in [5.74, 6) is -0.681. The van der Waals surface area contributed by atoms with Gasteiger partial charge in [0.2, 0.25) is 0 Å². The van der Waals surface area contributed by atoms with Crippen LogP contribution < -0.4 is 0 Å². The molecule has 558 valence electrons. The molecule has 2 unspecified atom stereocenters. The van der Waals surface area contributed by atoms with E-state index in [4.69, 9.17) is 37.0 Å². The number of hydrogen-bond donors (Lipinski definition) is 3. The Kier molecular flexibility index (Phi) is 65.5. The maximum Gasteiger partial charge on any atom is 0.472 e. The number of unbranched alkanes of at least 4 members (excludes halogenated alkanes) is 44. The highest BCUT2D eigenvalue weighted by atomic mass is 31.2. The van der Waals surface area contributed by atoms with Crippen LogP contribution in [0.4, 0.5) is 0 Å². The lowest BCUT2D eigenvalue weighted by Gasteiger charge is -2.21. The number of esters is 4. The molecule has 0 amide bonds. The quantitative estimate of drug-likeness (QED) is 0.0222. The molecule has 0 saturated carbocycles. The van der Waals surface area contributed by atoms with Gasteiger partial charge in [-0.25, -0.2) is 9.13 Å². The highest BCUT2D eigenvalue weighted by molar-refractivity contribution is 7.47. The van der Waals surface area contributed by atoms with Crippen LogP contribution in [0.25, 0.3) is 0 Å². The zero-order valence-corrected chi connectivity index (χ0v) is 63.1. The van der Waals surface area contributed by atoms with E-state index >= 15 is 0 Å². The number of carbonyl (C=O) groups excluding carboxylic acids is 4. The van der Waals surface area contributed by atoms with Gasteiger partial charge in [-0.2, -0.15) is 0 Å². The monoisotopic (exact) mass is 1380 g/mol. The fourth-order valence-corrected chi connectivity index (χ4v) is 13.1. The van der Waals surface area contributed by atoms with Crippen LogP contribution in [0.3, 0.4) is 0 Å². The van der Waals surface area contributed by atoms with Gasteiger partial charge in [0, 0.05) is 25.7 Å². The van der Waals surface area contributed by atoms with Gasteiger partial charge in [-0.1, -0.05) is 337 Å². The highest BCUT2D eigenvalue weighted by Gasteiger charge is 2.30. The fourth-order valence-electron chi connectivity index (χ4n) is 11.5. The average molecular weight is 1380 g/mol. The zero-order chi connectivity index (χ0) is 69.3. The van der Waals surface area contributed by atoms with E-state index in [-0.39, 0.29) is 25.7 Å². The Bertz CT molecular complexity index is 1820. The van der Waals surface area contributed by atoms with E-state index in [2.05, 4.69) is 41.5 Å². The van der Waals surface area contributed by atoms with Crippen LogP contribution >= 0.6 is 15.6 Å². The van der Waals surface area contributed by atoms with Gasteiger partial charge in [-0.3, -0.25) is 37.3 Å². The minimum atomic E-state index is -4.96. The third-order valence-electron chi connectivity index (χ3n) is 17.5. The van der Waals surface area contributed by atoms with Crippen molar-refractivity contribution >= 4 is 39.5 Å². The molecule has 0 aromatic rings. The molecule has 94 heavy (non-hydrogen) atoms. The molecule has 5 atom stereocenters. The lowest BCUT2D eigenvalue weighted by atomic mass is 10.0. The van der Waals surface area contributed by atoms with E-state index in [0.717, 1.165) is 102 Å². The zero-order valence-electron chi connectivity index (χ0n) is 61.3. The van der Waals surface area contributed by atoms with Gasteiger partial charge in [0.05, 0.1) is 26.4 Å². The molecule has 0 radical (unpaired) electrons. The normalized spacial score (nSPS) is 14.0. The van der Waals surface area contributed by atoms with Gasteiger partial charge in [0.25, 0.3) is 0 Å². The molecule has 0 saturated heterocycles. The predicted molar refractivity (Wildman–Crippen MR) is 381 cm³/mol. The third kappa shape index (κ3) is 68.6. The summed E-state index contributed by atoms with van der Waals surface area (Å²) in [4.78, 5) is 72.7. The summed E-state index contributed by atoms with van der Waals surface area (Å²) in [6, 6.07) is 0. The van der Waals surface area contributed by atoms with Crippen LogP contribution in [0, 0.1) is 11.8 Å². The smallest absolute Gasteiger partial charge is 0.462 e. The maximum absolute atomic E-state index is 13.1. The summed E-state index contributed by atoms with van der Waals surface area (Å²) < 4.78 is 68.4. The summed E-state index contributed by atoms with van der Waals surface area (Å²) in [5, 5.41) is 10.6. The second kappa shape index (κ2) is 66.9. The topological polar surface area (TPSA) is 237 Å². The Morgan fingerprint density at radius 3 is 0.723 bits per heavy atom. The van der Waals surface area contributed by atoms with Gasteiger partial charge in [-0.05, 0) is 37.5 Å². The lowest BCUT2D eigenvalue weighted by Crippen LogP contribution is -2.30. The molecule has 0 aromatic heterocycles. The van der Waals surface area contributed by atoms with Crippen molar-refractivity contribution in [2.75, 3.05) is 39.6 Å². The van der Waals surface area contributed by atoms with Crippen molar-refractivity contribution in [3.8, 4) is 0 Å². The number of aliphatic hydroxyl groups is 1. The van der Waals surface area contributed by atoms with E-state index in [1.54, 1.807) is 0 Å². The van der Waals surface area contributed by atoms with Crippen LogP contribution in [0.1, 0.15) is 388 Å². The summed E-state index contributed by atoms with van der Waals surface area (Å²) in [7, 11) is -9.91. The molecule has 0 heterocycles. The molecule has 0 bridgehead atoms. The Hall–Kier alpha value is -1.94. The minimum absolute atomic E-state index is 0.106. The molecule has 0 rings (SSSR count). The molecular formula is C75H146O17P2. The number of hydrogen-bond acceptors (Lipinski definition) is 15. The molecule has 17 nitrogen and oxygen atoms in total. The number of phosphoric acid groups is 2. The third-order valence-corrected chi connectivity index (χ3v) is 19.4. The number of carbonyl (C=O) groups is 4. The van der Waals surface area contributed by atoms with Crippen molar-refractivity contribution in [2.24, 2.45) is 11.8 Å². The molecule has 3 N–H and O–H groups in total. The lowest BCUT2D eigenvalue weighted by molar-refractivity contribution is -0.161. The summed E-state index contributed by atoms with van der Waals surface area (Å²) in [5.41, 5.74) is 0. The number of aliphatic hydroxyl groups excluding tert-OH is 1. The van der Waals surface area contributed by atoms with E-state index in [1.807, 2.05) is 0 Å². The number of ether oxygens (including phenoxy) is 4. The van der Waals surface area contributed by atoms with Gasteiger partial charge in [0.15, 0.2) is 12.2 Å². The van der Waals surface area contributed by atoms with Crippen molar-refractivity contribution in [2.45, 2.75) is 407 Å². The molecule has 0 aliphatic heterocycles. The van der Waals surface area contributed by atoms with Crippen LogP contribution in [0.5, 0.6) is 0 Å². The Balaban J connectivity index is 5.20. The average Bonchev–Trinajstić information content (AvgIpc) is 1.47. The Labute approximate surface area is 575 Å².